The average Bonchev–Trinajstić information content (AvgIpc) is 3.85. The van der Waals surface area contributed by atoms with Gasteiger partial charge in [0.25, 0.3) is 0 Å². The number of fused-ring (bicyclic) bond motifs is 1. The van der Waals surface area contributed by atoms with E-state index >= 15 is 0 Å². The van der Waals surface area contributed by atoms with E-state index in [0.29, 0.717) is 36.7 Å². The minimum atomic E-state index is -1.19. The van der Waals surface area contributed by atoms with Crippen molar-refractivity contribution >= 4 is 73.8 Å². The van der Waals surface area contributed by atoms with E-state index in [2.05, 4.69) is 11.9 Å². The first-order chi connectivity index (χ1) is 20.0. The monoisotopic (exact) mass is 644 g/mol. The molecule has 1 heterocycles. The van der Waals surface area contributed by atoms with Crippen molar-refractivity contribution in [3.05, 3.63) is 96.7 Å². The molecule has 4 aromatic rings. The Kier molecular flexibility index (Phi) is 7.46. The first-order valence-corrected chi connectivity index (χ1v) is 15.2. The van der Waals surface area contributed by atoms with Crippen molar-refractivity contribution in [3.63, 3.8) is 0 Å². The van der Waals surface area contributed by atoms with Crippen LogP contribution in [0.1, 0.15) is 58.6 Å². The molecule has 3 N–H and O–H groups in total. The number of Topliss-reactive ketones (excluding diaryl/α,β-unsaturated/α-hetero) is 1. The number of aromatic carboxylic acids is 1. The Labute approximate surface area is 259 Å². The first-order valence-electron chi connectivity index (χ1n) is 13.2. The number of nitrogens with zero attached hydrogens (tertiary/aromatic N) is 1. The van der Waals surface area contributed by atoms with Gasteiger partial charge in [0.05, 0.1) is 36.6 Å². The SMILES string of the molecule is CC1(c2ccc(OCC(C(=O)C3CC3)=C(N)c3c(Cl)cccc3Cl)cc2Cl)CC1c1nc2c(F)cc(C(=O)O)cc2s1. The summed E-state index contributed by atoms with van der Waals surface area (Å²) >= 11 is 20.8. The summed E-state index contributed by atoms with van der Waals surface area (Å²) < 4.78 is 21.1. The van der Waals surface area contributed by atoms with Crippen molar-refractivity contribution < 1.29 is 23.8 Å². The number of rotatable bonds is 9. The lowest BCUT2D eigenvalue weighted by Crippen LogP contribution is -2.18. The fourth-order valence-electron chi connectivity index (χ4n) is 5.28. The molecule has 3 aromatic carbocycles. The smallest absolute Gasteiger partial charge is 0.335 e. The number of ketones is 1. The maximum Gasteiger partial charge on any atom is 0.335 e. The van der Waals surface area contributed by atoms with Gasteiger partial charge in [0, 0.05) is 27.8 Å². The van der Waals surface area contributed by atoms with Crippen LogP contribution >= 0.6 is 46.1 Å². The predicted octanol–water partition coefficient (Wildman–Crippen LogP) is 8.27. The molecule has 2 saturated carbocycles. The molecule has 0 spiro atoms. The number of carbonyl (C=O) groups is 2. The van der Waals surface area contributed by atoms with Crippen molar-refractivity contribution in [2.24, 2.45) is 11.7 Å². The number of thiazole rings is 1. The zero-order valence-electron chi connectivity index (χ0n) is 22.2. The van der Waals surface area contributed by atoms with Crippen molar-refractivity contribution in [1.29, 1.82) is 0 Å². The second-order valence-corrected chi connectivity index (χ2v) is 13.2. The van der Waals surface area contributed by atoms with Gasteiger partial charge < -0.3 is 15.6 Å². The average molecular weight is 646 g/mol. The molecule has 2 aliphatic rings. The highest BCUT2D eigenvalue weighted by Crippen LogP contribution is 2.62. The van der Waals surface area contributed by atoms with Crippen LogP contribution < -0.4 is 10.5 Å². The lowest BCUT2D eigenvalue weighted by atomic mass is 9.95. The summed E-state index contributed by atoms with van der Waals surface area (Å²) in [4.78, 5) is 29.0. The molecular formula is C31H24Cl3FN2O4S. The second kappa shape index (κ2) is 10.8. The van der Waals surface area contributed by atoms with Crippen molar-refractivity contribution in [2.75, 3.05) is 6.61 Å². The highest BCUT2D eigenvalue weighted by molar-refractivity contribution is 7.18. The predicted molar refractivity (Wildman–Crippen MR) is 163 cm³/mol. The van der Waals surface area contributed by atoms with E-state index < -0.39 is 11.8 Å². The number of carbonyl (C=O) groups excluding carboxylic acids is 1. The van der Waals surface area contributed by atoms with Crippen LogP contribution in [0.5, 0.6) is 5.75 Å². The highest BCUT2D eigenvalue weighted by Gasteiger charge is 2.54. The van der Waals surface area contributed by atoms with E-state index in [-0.39, 0.29) is 46.4 Å². The van der Waals surface area contributed by atoms with Crippen LogP contribution in [0.15, 0.2) is 54.1 Å². The van der Waals surface area contributed by atoms with Gasteiger partial charge in [-0.1, -0.05) is 53.9 Å². The van der Waals surface area contributed by atoms with Gasteiger partial charge in [-0.2, -0.15) is 0 Å². The minimum absolute atomic E-state index is 0.00212. The van der Waals surface area contributed by atoms with Crippen LogP contribution in [0.3, 0.4) is 0 Å². The normalized spacial score (nSPS) is 20.4. The van der Waals surface area contributed by atoms with Gasteiger partial charge in [-0.25, -0.2) is 14.2 Å². The van der Waals surface area contributed by atoms with Crippen LogP contribution in [0.2, 0.25) is 15.1 Å². The number of carboxylic acids is 1. The number of carboxylic acid groups (broad SMARTS) is 1. The lowest BCUT2D eigenvalue weighted by molar-refractivity contribution is -0.116. The highest BCUT2D eigenvalue weighted by atomic mass is 35.5. The topological polar surface area (TPSA) is 103 Å². The third-order valence-corrected chi connectivity index (χ3v) is 10.0. The third kappa shape index (κ3) is 5.26. The molecule has 2 fully saturated rings. The number of halogens is 4. The number of aromatic nitrogens is 1. The molecule has 0 aliphatic heterocycles. The van der Waals surface area contributed by atoms with Crippen LogP contribution in [-0.4, -0.2) is 28.4 Å². The summed E-state index contributed by atoms with van der Waals surface area (Å²) in [6.45, 7) is 1.99. The van der Waals surface area contributed by atoms with Crippen LogP contribution in [-0.2, 0) is 10.2 Å². The maximum absolute atomic E-state index is 14.5. The molecule has 2 aliphatic carbocycles. The number of hydrogen-bond donors (Lipinski definition) is 2. The molecule has 42 heavy (non-hydrogen) atoms. The van der Waals surface area contributed by atoms with E-state index in [4.69, 9.17) is 45.3 Å². The Bertz CT molecular complexity index is 1800. The first kappa shape index (κ1) is 28.9. The van der Waals surface area contributed by atoms with Crippen molar-refractivity contribution in [1.82, 2.24) is 4.98 Å². The van der Waals surface area contributed by atoms with Crippen LogP contribution in [0.25, 0.3) is 15.9 Å². The molecule has 6 nitrogen and oxygen atoms in total. The zero-order valence-corrected chi connectivity index (χ0v) is 25.3. The van der Waals surface area contributed by atoms with Gasteiger partial charge in [0.1, 0.15) is 17.9 Å². The molecule has 0 radical (unpaired) electrons. The Hall–Kier alpha value is -3.17. The lowest BCUT2D eigenvalue weighted by Gasteiger charge is -2.17. The van der Waals surface area contributed by atoms with Gasteiger partial charge >= 0.3 is 5.97 Å². The molecule has 0 amide bonds. The van der Waals surface area contributed by atoms with Gasteiger partial charge in [0.2, 0.25) is 0 Å². The van der Waals surface area contributed by atoms with Crippen molar-refractivity contribution in [3.8, 4) is 5.75 Å². The van der Waals surface area contributed by atoms with E-state index in [1.54, 1.807) is 30.3 Å². The Morgan fingerprint density at radius 3 is 2.48 bits per heavy atom. The summed E-state index contributed by atoms with van der Waals surface area (Å²) in [5.41, 5.74) is 7.98. The summed E-state index contributed by atoms with van der Waals surface area (Å²) in [6.07, 6.45) is 2.35. The van der Waals surface area contributed by atoms with E-state index in [1.165, 1.54) is 17.4 Å². The molecule has 11 heteroatoms. The maximum atomic E-state index is 14.5. The molecular weight excluding hydrogens is 622 g/mol. The van der Waals surface area contributed by atoms with E-state index in [9.17, 15) is 19.1 Å². The number of hydrogen-bond acceptors (Lipinski definition) is 6. The molecule has 2 atom stereocenters. The van der Waals surface area contributed by atoms with Crippen LogP contribution in [0, 0.1) is 11.7 Å². The number of benzene rings is 3. The largest absolute Gasteiger partial charge is 0.489 e. The quantitative estimate of drug-likeness (QED) is 0.178. The second-order valence-electron chi connectivity index (χ2n) is 10.9. The Morgan fingerprint density at radius 2 is 1.83 bits per heavy atom. The molecule has 6 rings (SSSR count). The van der Waals surface area contributed by atoms with E-state index in [0.717, 1.165) is 35.9 Å². The zero-order chi connectivity index (χ0) is 29.9. The summed E-state index contributed by atoms with van der Waals surface area (Å²) in [7, 11) is 0. The molecule has 216 valence electrons. The van der Waals surface area contributed by atoms with Crippen LogP contribution in [0.4, 0.5) is 4.39 Å². The number of ether oxygens (including phenoxy) is 1. The van der Waals surface area contributed by atoms with E-state index in [1.807, 2.05) is 6.07 Å². The fourth-order valence-corrected chi connectivity index (χ4v) is 7.55. The third-order valence-electron chi connectivity index (χ3n) is 7.99. The molecule has 0 saturated heterocycles. The summed E-state index contributed by atoms with van der Waals surface area (Å²) in [6, 6.07) is 12.8. The Morgan fingerprint density at radius 1 is 1.12 bits per heavy atom. The summed E-state index contributed by atoms with van der Waals surface area (Å²) in [5.74, 6) is -1.55. The van der Waals surface area contributed by atoms with Crippen molar-refractivity contribution in [2.45, 2.75) is 37.5 Å². The number of nitrogens with two attached hydrogens (primary N) is 1. The van der Waals surface area contributed by atoms with Gasteiger partial charge in [0.15, 0.2) is 11.6 Å². The van der Waals surface area contributed by atoms with Gasteiger partial charge in [-0.05, 0) is 61.2 Å². The minimum Gasteiger partial charge on any atom is -0.489 e. The van der Waals surface area contributed by atoms with Gasteiger partial charge in [-0.15, -0.1) is 11.3 Å². The molecule has 2 unspecified atom stereocenters. The van der Waals surface area contributed by atoms with Gasteiger partial charge in [-0.3, -0.25) is 4.79 Å². The summed E-state index contributed by atoms with van der Waals surface area (Å²) in [5, 5.41) is 11.2. The standard InChI is InChI=1S/C31H24Cl3FN2O4S/c1-31(12-19(31)29-37-27-23(35)9-15(30(39)40)10-24(27)42-29)18-8-7-16(11-22(18)34)41-13-17(28(38)14-5-6-14)26(36)25-20(32)3-2-4-21(25)33/h2-4,7-11,14,19H,5-6,12-13,36H2,1H3,(H,39,40). The fraction of sp³-hybridized carbons (Fsp3) is 0.258. The molecule has 0 bridgehead atoms. The molecule has 1 aromatic heterocycles. The Balaban J connectivity index is 1.23.